The van der Waals surface area contributed by atoms with Crippen LogP contribution in [0.5, 0.6) is 0 Å². The number of ether oxygens (including phenoxy) is 1. The van der Waals surface area contributed by atoms with E-state index in [0.29, 0.717) is 23.3 Å². The molecule has 9 nitrogen and oxygen atoms in total. The molecule has 162 valence electrons. The van der Waals surface area contributed by atoms with E-state index in [1.54, 1.807) is 17.6 Å². The molecule has 0 fully saturated rings. The monoisotopic (exact) mass is 416 g/mol. The third-order valence-corrected chi connectivity index (χ3v) is 4.31. The van der Waals surface area contributed by atoms with E-state index in [2.05, 4.69) is 10.3 Å². The highest BCUT2D eigenvalue weighted by molar-refractivity contribution is 5.95. The second-order valence-electron chi connectivity index (χ2n) is 8.07. The lowest BCUT2D eigenvalue weighted by molar-refractivity contribution is -0.137. The first-order valence-corrected chi connectivity index (χ1v) is 9.66. The zero-order valence-electron chi connectivity index (χ0n) is 18.2. The van der Waals surface area contributed by atoms with Crippen LogP contribution in [0.3, 0.4) is 0 Å². The summed E-state index contributed by atoms with van der Waals surface area (Å²) >= 11 is 0. The van der Waals surface area contributed by atoms with Gasteiger partial charge in [0.25, 0.3) is 11.5 Å². The van der Waals surface area contributed by atoms with Gasteiger partial charge in [-0.25, -0.2) is 9.78 Å². The molecule has 0 radical (unpaired) electrons. The van der Waals surface area contributed by atoms with Gasteiger partial charge in [0.2, 0.25) is 5.91 Å². The molecule has 0 saturated carbocycles. The van der Waals surface area contributed by atoms with Crippen molar-refractivity contribution in [3.63, 3.8) is 0 Å². The first kappa shape index (κ1) is 23.1. The number of hydrogen-bond donors (Lipinski definition) is 1. The molecule has 0 atom stereocenters. The number of hydrogen-bond acceptors (Lipinski definition) is 6. The maximum Gasteiger partial charge on any atom is 0.338 e. The van der Waals surface area contributed by atoms with E-state index in [1.807, 2.05) is 27.7 Å². The van der Waals surface area contributed by atoms with Crippen LogP contribution < -0.4 is 10.9 Å². The summed E-state index contributed by atoms with van der Waals surface area (Å²) in [6, 6.07) is 4.69. The summed E-state index contributed by atoms with van der Waals surface area (Å²) in [5, 5.41) is 2.76. The molecule has 1 heterocycles. The van der Waals surface area contributed by atoms with Crippen LogP contribution in [0.25, 0.3) is 11.0 Å². The van der Waals surface area contributed by atoms with E-state index in [0.717, 1.165) is 0 Å². The number of carbonyl (C=O) groups is 3. The molecule has 0 aliphatic carbocycles. The SMILES string of the molecule is CCn1c(=O)c(C)nc2cc(C(=O)OCC(=O)N(C)CC(=O)NC(C)(C)C)ccc21. The smallest absolute Gasteiger partial charge is 0.338 e. The van der Waals surface area contributed by atoms with Crippen molar-refractivity contribution < 1.29 is 19.1 Å². The van der Waals surface area contributed by atoms with Gasteiger partial charge in [0.05, 0.1) is 23.1 Å². The minimum Gasteiger partial charge on any atom is -0.452 e. The molecule has 0 spiro atoms. The lowest BCUT2D eigenvalue weighted by atomic mass is 10.1. The van der Waals surface area contributed by atoms with Gasteiger partial charge in [-0.2, -0.15) is 0 Å². The predicted octanol–water partition coefficient (Wildman–Crippen LogP) is 1.25. The summed E-state index contributed by atoms with van der Waals surface area (Å²) in [6.45, 7) is 8.84. The van der Waals surface area contributed by atoms with Crippen LogP contribution in [-0.2, 0) is 20.9 Å². The van der Waals surface area contributed by atoms with Gasteiger partial charge in [0.15, 0.2) is 6.61 Å². The van der Waals surface area contributed by atoms with Crippen molar-refractivity contribution >= 4 is 28.8 Å². The molecule has 1 N–H and O–H groups in total. The van der Waals surface area contributed by atoms with Crippen LogP contribution in [0.1, 0.15) is 43.7 Å². The number of benzene rings is 1. The van der Waals surface area contributed by atoms with Gasteiger partial charge in [0.1, 0.15) is 5.69 Å². The van der Waals surface area contributed by atoms with Crippen molar-refractivity contribution in [1.29, 1.82) is 0 Å². The highest BCUT2D eigenvalue weighted by atomic mass is 16.5. The fourth-order valence-electron chi connectivity index (χ4n) is 2.90. The zero-order chi connectivity index (χ0) is 22.6. The Balaban J connectivity index is 2.05. The van der Waals surface area contributed by atoms with Gasteiger partial charge >= 0.3 is 5.97 Å². The minimum atomic E-state index is -0.688. The number of aromatic nitrogens is 2. The second kappa shape index (κ2) is 9.06. The standard InChI is InChI=1S/C21H28N4O5/c1-7-25-16-9-8-14(10-15(16)22-13(2)19(25)28)20(29)30-12-18(27)24(6)11-17(26)23-21(3,4)5/h8-10H,7,11-12H2,1-6H3,(H,23,26). The third-order valence-electron chi connectivity index (χ3n) is 4.31. The topological polar surface area (TPSA) is 111 Å². The van der Waals surface area contributed by atoms with Crippen molar-refractivity contribution in [1.82, 2.24) is 19.8 Å². The zero-order valence-corrected chi connectivity index (χ0v) is 18.2. The molecule has 0 bridgehead atoms. The van der Waals surface area contributed by atoms with Crippen LogP contribution in [0.15, 0.2) is 23.0 Å². The van der Waals surface area contributed by atoms with Crippen molar-refractivity contribution in [2.75, 3.05) is 20.2 Å². The lowest BCUT2D eigenvalue weighted by Gasteiger charge is -2.23. The van der Waals surface area contributed by atoms with Crippen molar-refractivity contribution in [3.05, 3.63) is 39.8 Å². The van der Waals surface area contributed by atoms with Crippen LogP contribution in [-0.4, -0.2) is 58.0 Å². The van der Waals surface area contributed by atoms with Gasteiger partial charge in [-0.1, -0.05) is 0 Å². The molecule has 0 unspecified atom stereocenters. The number of esters is 1. The number of rotatable bonds is 6. The van der Waals surface area contributed by atoms with Gasteiger partial charge < -0.3 is 19.5 Å². The van der Waals surface area contributed by atoms with E-state index in [9.17, 15) is 19.2 Å². The highest BCUT2D eigenvalue weighted by Crippen LogP contribution is 2.14. The first-order chi connectivity index (χ1) is 13.9. The Labute approximate surface area is 175 Å². The van der Waals surface area contributed by atoms with Gasteiger partial charge in [0, 0.05) is 19.1 Å². The maximum absolute atomic E-state index is 12.4. The number of nitrogens with one attached hydrogen (secondary N) is 1. The summed E-state index contributed by atoms with van der Waals surface area (Å²) in [7, 11) is 1.46. The largest absolute Gasteiger partial charge is 0.452 e. The van der Waals surface area contributed by atoms with E-state index in [1.165, 1.54) is 24.1 Å². The van der Waals surface area contributed by atoms with E-state index >= 15 is 0 Å². The molecular weight excluding hydrogens is 388 g/mol. The Bertz CT molecular complexity index is 1040. The second-order valence-corrected chi connectivity index (χ2v) is 8.07. The summed E-state index contributed by atoms with van der Waals surface area (Å²) in [5.74, 6) is -1.49. The van der Waals surface area contributed by atoms with Gasteiger partial charge in [-0.3, -0.25) is 14.4 Å². The number of amides is 2. The van der Waals surface area contributed by atoms with Gasteiger partial charge in [-0.15, -0.1) is 0 Å². The normalized spacial score (nSPS) is 11.3. The number of fused-ring (bicyclic) bond motifs is 1. The van der Waals surface area contributed by atoms with E-state index in [4.69, 9.17) is 4.74 Å². The quantitative estimate of drug-likeness (QED) is 0.710. The summed E-state index contributed by atoms with van der Waals surface area (Å²) in [5.41, 5.74) is 1.08. The number of aryl methyl sites for hydroxylation is 2. The lowest BCUT2D eigenvalue weighted by Crippen LogP contribution is -2.46. The van der Waals surface area contributed by atoms with Crippen molar-refractivity contribution in [2.45, 2.75) is 46.7 Å². The molecule has 0 aliphatic rings. The molecule has 9 heteroatoms. The fraction of sp³-hybridized carbons (Fsp3) is 0.476. The van der Waals surface area contributed by atoms with Crippen molar-refractivity contribution in [2.24, 2.45) is 0 Å². The average Bonchev–Trinajstić information content (AvgIpc) is 2.64. The van der Waals surface area contributed by atoms with Crippen LogP contribution >= 0.6 is 0 Å². The molecule has 0 aliphatic heterocycles. The third kappa shape index (κ3) is 5.65. The van der Waals surface area contributed by atoms with Crippen LogP contribution in [0.4, 0.5) is 0 Å². The summed E-state index contributed by atoms with van der Waals surface area (Å²) in [6.07, 6.45) is 0. The Morgan fingerprint density at radius 1 is 1.23 bits per heavy atom. The number of nitrogens with zero attached hydrogens (tertiary/aromatic N) is 3. The molecule has 2 rings (SSSR count). The van der Waals surface area contributed by atoms with Crippen molar-refractivity contribution in [3.8, 4) is 0 Å². The van der Waals surface area contributed by atoms with E-state index < -0.39 is 24.0 Å². The average molecular weight is 416 g/mol. The Kier molecular flexibility index (Phi) is 6.96. The molecular formula is C21H28N4O5. The predicted molar refractivity (Wildman–Crippen MR) is 112 cm³/mol. The Hall–Kier alpha value is -3.23. The Morgan fingerprint density at radius 3 is 2.50 bits per heavy atom. The minimum absolute atomic E-state index is 0.138. The molecule has 30 heavy (non-hydrogen) atoms. The molecule has 2 amide bonds. The van der Waals surface area contributed by atoms with Crippen LogP contribution in [0.2, 0.25) is 0 Å². The van der Waals surface area contributed by atoms with Gasteiger partial charge in [-0.05, 0) is 52.8 Å². The highest BCUT2D eigenvalue weighted by Gasteiger charge is 2.19. The molecule has 1 aromatic heterocycles. The van der Waals surface area contributed by atoms with E-state index in [-0.39, 0.29) is 23.6 Å². The fourth-order valence-corrected chi connectivity index (χ4v) is 2.90. The summed E-state index contributed by atoms with van der Waals surface area (Å²) in [4.78, 5) is 54.1. The van der Waals surface area contributed by atoms with Crippen LogP contribution in [0, 0.1) is 6.92 Å². The molecule has 0 saturated heterocycles. The molecule has 1 aromatic carbocycles. The number of carbonyl (C=O) groups excluding carboxylic acids is 3. The molecule has 2 aromatic rings. The summed E-state index contributed by atoms with van der Waals surface area (Å²) < 4.78 is 6.67. The maximum atomic E-state index is 12.4. The Morgan fingerprint density at radius 2 is 1.90 bits per heavy atom. The number of likely N-dealkylation sites (N-methyl/N-ethyl adjacent to an activating group) is 1. The first-order valence-electron chi connectivity index (χ1n) is 9.66.